The highest BCUT2D eigenvalue weighted by molar-refractivity contribution is 5.15. The molecule has 1 heterocycles. The fourth-order valence-corrected chi connectivity index (χ4v) is 1.86. The Hall–Kier alpha value is -1.16. The highest BCUT2D eigenvalue weighted by Gasteiger charge is 2.24. The summed E-state index contributed by atoms with van der Waals surface area (Å²) in [4.78, 5) is 8.42. The highest BCUT2D eigenvalue weighted by atomic mass is 16.5. The SMILES string of the molecule is CCNC(Cc1cc(OCC)ncn1)C(C)(C)C. The molecule has 0 aliphatic carbocycles. The van der Waals surface area contributed by atoms with Crippen molar-refractivity contribution in [1.29, 1.82) is 0 Å². The first-order valence-electron chi connectivity index (χ1n) is 6.64. The Morgan fingerprint density at radius 3 is 2.56 bits per heavy atom. The zero-order valence-electron chi connectivity index (χ0n) is 12.2. The smallest absolute Gasteiger partial charge is 0.216 e. The van der Waals surface area contributed by atoms with E-state index in [9.17, 15) is 0 Å². The van der Waals surface area contributed by atoms with Gasteiger partial charge in [-0.1, -0.05) is 27.7 Å². The van der Waals surface area contributed by atoms with E-state index in [1.165, 1.54) is 0 Å². The minimum absolute atomic E-state index is 0.201. The first-order chi connectivity index (χ1) is 8.47. The van der Waals surface area contributed by atoms with Gasteiger partial charge in [-0.05, 0) is 18.9 Å². The summed E-state index contributed by atoms with van der Waals surface area (Å²) in [6, 6.07) is 2.33. The van der Waals surface area contributed by atoms with E-state index in [0.717, 1.165) is 18.7 Å². The average Bonchev–Trinajstić information content (AvgIpc) is 2.28. The third-order valence-corrected chi connectivity index (χ3v) is 2.90. The van der Waals surface area contributed by atoms with Crippen molar-refractivity contribution in [2.75, 3.05) is 13.2 Å². The lowest BCUT2D eigenvalue weighted by atomic mass is 9.84. The molecule has 4 nitrogen and oxygen atoms in total. The van der Waals surface area contributed by atoms with Gasteiger partial charge in [0.15, 0.2) is 0 Å². The molecule has 0 saturated heterocycles. The van der Waals surface area contributed by atoms with Crippen molar-refractivity contribution in [2.45, 2.75) is 47.1 Å². The summed E-state index contributed by atoms with van der Waals surface area (Å²) in [6.45, 7) is 12.4. The molecule has 0 fully saturated rings. The second-order valence-corrected chi connectivity index (χ2v) is 5.46. The van der Waals surface area contributed by atoms with Crippen molar-refractivity contribution in [2.24, 2.45) is 5.41 Å². The summed E-state index contributed by atoms with van der Waals surface area (Å²) in [5.74, 6) is 0.659. The fourth-order valence-electron chi connectivity index (χ4n) is 1.86. The third kappa shape index (κ3) is 4.61. The van der Waals surface area contributed by atoms with Gasteiger partial charge in [-0.2, -0.15) is 0 Å². The van der Waals surface area contributed by atoms with Crippen molar-refractivity contribution >= 4 is 0 Å². The molecule has 102 valence electrons. The Morgan fingerprint density at radius 1 is 1.28 bits per heavy atom. The molecular formula is C14H25N3O. The second kappa shape index (κ2) is 6.69. The van der Waals surface area contributed by atoms with Crippen LogP contribution in [0.15, 0.2) is 12.4 Å². The molecule has 0 spiro atoms. The molecule has 0 radical (unpaired) electrons. The molecule has 1 unspecified atom stereocenters. The van der Waals surface area contributed by atoms with Gasteiger partial charge in [0, 0.05) is 24.2 Å². The number of hydrogen-bond acceptors (Lipinski definition) is 4. The van der Waals surface area contributed by atoms with E-state index in [0.29, 0.717) is 18.5 Å². The molecular weight excluding hydrogens is 226 g/mol. The first-order valence-corrected chi connectivity index (χ1v) is 6.64. The Bertz CT molecular complexity index is 360. The van der Waals surface area contributed by atoms with Crippen LogP contribution in [0.4, 0.5) is 0 Å². The van der Waals surface area contributed by atoms with Gasteiger partial charge in [0.25, 0.3) is 0 Å². The van der Waals surface area contributed by atoms with Gasteiger partial charge in [-0.25, -0.2) is 9.97 Å². The molecule has 1 atom stereocenters. The van der Waals surface area contributed by atoms with Gasteiger partial charge < -0.3 is 10.1 Å². The maximum absolute atomic E-state index is 5.40. The van der Waals surface area contributed by atoms with E-state index < -0.39 is 0 Å². The van der Waals surface area contributed by atoms with Crippen molar-refractivity contribution in [1.82, 2.24) is 15.3 Å². The summed E-state index contributed by atoms with van der Waals surface area (Å²) in [5.41, 5.74) is 1.22. The summed E-state index contributed by atoms with van der Waals surface area (Å²) < 4.78 is 5.40. The Morgan fingerprint density at radius 2 is 2.00 bits per heavy atom. The molecule has 0 aromatic carbocycles. The van der Waals surface area contributed by atoms with Gasteiger partial charge in [-0.3, -0.25) is 0 Å². The van der Waals surface area contributed by atoms with E-state index in [-0.39, 0.29) is 5.41 Å². The minimum Gasteiger partial charge on any atom is -0.478 e. The van der Waals surface area contributed by atoms with E-state index >= 15 is 0 Å². The van der Waals surface area contributed by atoms with Crippen molar-refractivity contribution < 1.29 is 4.74 Å². The normalized spacial score (nSPS) is 13.4. The average molecular weight is 251 g/mol. The van der Waals surface area contributed by atoms with Crippen LogP contribution in [0.1, 0.15) is 40.3 Å². The van der Waals surface area contributed by atoms with Gasteiger partial charge in [0.05, 0.1) is 6.61 Å². The molecule has 0 aliphatic rings. The topological polar surface area (TPSA) is 47.0 Å². The number of hydrogen-bond donors (Lipinski definition) is 1. The predicted molar refractivity (Wildman–Crippen MR) is 73.8 cm³/mol. The third-order valence-electron chi connectivity index (χ3n) is 2.90. The van der Waals surface area contributed by atoms with Crippen LogP contribution >= 0.6 is 0 Å². The zero-order valence-corrected chi connectivity index (χ0v) is 12.2. The molecule has 0 aliphatic heterocycles. The number of aromatic nitrogens is 2. The number of rotatable bonds is 6. The number of likely N-dealkylation sites (N-methyl/N-ethyl adjacent to an activating group) is 1. The van der Waals surface area contributed by atoms with Crippen molar-refractivity contribution in [3.05, 3.63) is 18.1 Å². The van der Waals surface area contributed by atoms with Crippen LogP contribution in [-0.4, -0.2) is 29.2 Å². The standard InChI is InChI=1S/C14H25N3O/c1-6-15-12(14(3,4)5)8-11-9-13(18-7-2)17-10-16-11/h9-10,12,15H,6-8H2,1-5H3. The van der Waals surface area contributed by atoms with Crippen molar-refractivity contribution in [3.63, 3.8) is 0 Å². The molecule has 0 amide bonds. The Kier molecular flexibility index (Phi) is 5.54. The van der Waals surface area contributed by atoms with E-state index in [1.807, 2.05) is 13.0 Å². The maximum atomic E-state index is 5.40. The molecule has 1 aromatic rings. The Labute approximate surface area is 110 Å². The summed E-state index contributed by atoms with van der Waals surface area (Å²) in [7, 11) is 0. The molecule has 0 saturated carbocycles. The Balaban J connectivity index is 2.77. The minimum atomic E-state index is 0.201. The quantitative estimate of drug-likeness (QED) is 0.843. The van der Waals surface area contributed by atoms with Crippen molar-refractivity contribution in [3.8, 4) is 5.88 Å². The van der Waals surface area contributed by atoms with E-state index in [1.54, 1.807) is 6.33 Å². The molecule has 1 N–H and O–H groups in total. The lowest BCUT2D eigenvalue weighted by molar-refractivity contribution is 0.267. The summed E-state index contributed by atoms with van der Waals surface area (Å²) >= 11 is 0. The first kappa shape index (κ1) is 14.9. The van der Waals surface area contributed by atoms with Crippen LogP contribution < -0.4 is 10.1 Å². The van der Waals surface area contributed by atoms with Gasteiger partial charge in [0.2, 0.25) is 5.88 Å². The summed E-state index contributed by atoms with van der Waals surface area (Å²) in [5, 5.41) is 3.52. The van der Waals surface area contributed by atoms with Gasteiger partial charge >= 0.3 is 0 Å². The number of nitrogens with zero attached hydrogens (tertiary/aromatic N) is 2. The van der Waals surface area contributed by atoms with Crippen LogP contribution in [-0.2, 0) is 6.42 Å². The van der Waals surface area contributed by atoms with Crippen LogP contribution in [0.25, 0.3) is 0 Å². The largest absolute Gasteiger partial charge is 0.478 e. The van der Waals surface area contributed by atoms with Crippen LogP contribution in [0, 0.1) is 5.41 Å². The van der Waals surface area contributed by atoms with E-state index in [4.69, 9.17) is 4.74 Å². The van der Waals surface area contributed by atoms with Gasteiger partial charge in [0.1, 0.15) is 6.33 Å². The summed E-state index contributed by atoms with van der Waals surface area (Å²) in [6.07, 6.45) is 2.46. The van der Waals surface area contributed by atoms with Crippen LogP contribution in [0.2, 0.25) is 0 Å². The zero-order chi connectivity index (χ0) is 13.6. The lowest BCUT2D eigenvalue weighted by Gasteiger charge is -2.31. The molecule has 18 heavy (non-hydrogen) atoms. The number of ether oxygens (including phenoxy) is 1. The van der Waals surface area contributed by atoms with E-state index in [2.05, 4.69) is 43.0 Å². The lowest BCUT2D eigenvalue weighted by Crippen LogP contribution is -2.42. The van der Waals surface area contributed by atoms with Crippen LogP contribution in [0.5, 0.6) is 5.88 Å². The maximum Gasteiger partial charge on any atom is 0.216 e. The monoisotopic (exact) mass is 251 g/mol. The highest BCUT2D eigenvalue weighted by Crippen LogP contribution is 2.22. The molecule has 1 rings (SSSR count). The van der Waals surface area contributed by atoms with Gasteiger partial charge in [-0.15, -0.1) is 0 Å². The predicted octanol–water partition coefficient (Wildman–Crippen LogP) is 2.44. The molecule has 1 aromatic heterocycles. The fraction of sp³-hybridized carbons (Fsp3) is 0.714. The van der Waals surface area contributed by atoms with Crippen LogP contribution in [0.3, 0.4) is 0 Å². The molecule has 4 heteroatoms. The molecule has 0 bridgehead atoms. The second-order valence-electron chi connectivity index (χ2n) is 5.46. The number of nitrogens with one attached hydrogen (secondary N) is 1.